The molecule has 0 aliphatic carbocycles. The molecule has 202 valence electrons. The lowest BCUT2D eigenvalue weighted by molar-refractivity contribution is -0.146. The number of carboxylic acids is 1. The van der Waals surface area contributed by atoms with E-state index in [0.29, 0.717) is 22.6 Å². The number of fused-ring (bicyclic) bond motifs is 1. The van der Waals surface area contributed by atoms with Gasteiger partial charge >= 0.3 is 17.6 Å². The van der Waals surface area contributed by atoms with Crippen molar-refractivity contribution in [3.05, 3.63) is 61.1 Å². The molecule has 0 unspecified atom stereocenters. The van der Waals surface area contributed by atoms with Crippen LogP contribution in [0.2, 0.25) is 0 Å². The van der Waals surface area contributed by atoms with E-state index in [1.165, 1.54) is 18.4 Å². The van der Waals surface area contributed by atoms with Gasteiger partial charge in [-0.2, -0.15) is 0 Å². The Balaban J connectivity index is 0.00000112. The minimum absolute atomic E-state index is 0.136. The molecule has 0 radical (unpaired) electrons. The van der Waals surface area contributed by atoms with E-state index in [0.717, 1.165) is 21.5 Å². The van der Waals surface area contributed by atoms with E-state index in [9.17, 15) is 24.3 Å². The first kappa shape index (κ1) is 29.8. The topological polar surface area (TPSA) is 137 Å². The average Bonchev–Trinajstić information content (AvgIpc) is 3.16. The molecule has 2 heterocycles. The van der Waals surface area contributed by atoms with Gasteiger partial charge in [-0.3, -0.25) is 9.36 Å². The van der Waals surface area contributed by atoms with E-state index in [1.54, 1.807) is 40.9 Å². The number of carboxylic acid groups (broad SMARTS) is 1. The molecule has 0 atom stereocenters. The lowest BCUT2D eigenvalue weighted by Gasteiger charge is -2.23. The summed E-state index contributed by atoms with van der Waals surface area (Å²) in [7, 11) is 1.55. The number of benzene rings is 1. The van der Waals surface area contributed by atoms with Crippen molar-refractivity contribution in [3.8, 4) is 5.75 Å². The molecule has 3 aromatic rings. The number of methoxy groups -OCH3 is 1. The second-order valence-electron chi connectivity index (χ2n) is 9.05. The molecule has 3 rings (SSSR count). The number of aliphatic hydroxyl groups is 1. The van der Waals surface area contributed by atoms with Crippen LogP contribution in [0.15, 0.2) is 33.9 Å². The van der Waals surface area contributed by atoms with Crippen molar-refractivity contribution < 1.29 is 29.3 Å². The summed E-state index contributed by atoms with van der Waals surface area (Å²) in [5.41, 5.74) is -2.10. The molecule has 37 heavy (non-hydrogen) atoms. The Morgan fingerprint density at radius 2 is 1.76 bits per heavy atom. The van der Waals surface area contributed by atoms with E-state index in [2.05, 4.69) is 0 Å². The molecule has 0 amide bonds. The van der Waals surface area contributed by atoms with Gasteiger partial charge in [0.2, 0.25) is 0 Å². The standard InChI is InChI=1S/C23H26N2O7S.C3H8O/c1-6-32-20(27)17-13(2)16-18(26)25(23(3,4)21(28)29)22(30)24(19(16)33-17)12-11-14-9-7-8-10-15(14)31-5;1-3(2)4/h7-10H,6,11-12H2,1-5H3,(H,28,29);3-4H,1-2H3. The van der Waals surface area contributed by atoms with E-state index in [-0.39, 0.29) is 29.5 Å². The Morgan fingerprint density at radius 1 is 1.16 bits per heavy atom. The zero-order chi connectivity index (χ0) is 28.1. The highest BCUT2D eigenvalue weighted by molar-refractivity contribution is 7.20. The number of hydrogen-bond acceptors (Lipinski definition) is 8. The highest BCUT2D eigenvalue weighted by Gasteiger charge is 2.35. The average molecular weight is 535 g/mol. The van der Waals surface area contributed by atoms with Crippen LogP contribution in [0.3, 0.4) is 0 Å². The maximum absolute atomic E-state index is 13.5. The number of aliphatic carboxylic acids is 1. The summed E-state index contributed by atoms with van der Waals surface area (Å²) in [5, 5.41) is 17.9. The van der Waals surface area contributed by atoms with Gasteiger partial charge in [0, 0.05) is 12.6 Å². The summed E-state index contributed by atoms with van der Waals surface area (Å²) in [4.78, 5) is 51.7. The van der Waals surface area contributed by atoms with Crippen LogP contribution in [0, 0.1) is 6.92 Å². The van der Waals surface area contributed by atoms with Crippen LogP contribution < -0.4 is 16.0 Å². The first-order valence-electron chi connectivity index (χ1n) is 11.8. The molecule has 1 aromatic carbocycles. The molecule has 11 heteroatoms. The number of thiophene rings is 1. The van der Waals surface area contributed by atoms with Crippen LogP contribution in [0.5, 0.6) is 5.75 Å². The first-order chi connectivity index (χ1) is 17.3. The third kappa shape index (κ3) is 6.28. The van der Waals surface area contributed by atoms with Crippen molar-refractivity contribution in [2.45, 2.75) is 66.2 Å². The van der Waals surface area contributed by atoms with Gasteiger partial charge in [0.1, 0.15) is 21.0 Å². The molecular weight excluding hydrogens is 500 g/mol. The molecule has 2 aromatic heterocycles. The number of hydrogen-bond donors (Lipinski definition) is 2. The van der Waals surface area contributed by atoms with E-state index < -0.39 is 28.7 Å². The van der Waals surface area contributed by atoms with Crippen LogP contribution in [-0.4, -0.2) is 51.1 Å². The Kier molecular flexibility index (Phi) is 9.82. The van der Waals surface area contributed by atoms with E-state index in [4.69, 9.17) is 14.6 Å². The molecule has 0 saturated heterocycles. The Hall–Kier alpha value is -3.44. The van der Waals surface area contributed by atoms with Gasteiger partial charge < -0.3 is 19.7 Å². The number of ether oxygens (including phenoxy) is 2. The van der Waals surface area contributed by atoms with Crippen LogP contribution in [0.25, 0.3) is 10.2 Å². The van der Waals surface area contributed by atoms with Gasteiger partial charge in [0.15, 0.2) is 0 Å². The number of para-hydroxylation sites is 1. The van der Waals surface area contributed by atoms with Gasteiger partial charge in [0.25, 0.3) is 5.56 Å². The predicted octanol–water partition coefficient (Wildman–Crippen LogP) is 3.17. The SMILES string of the molecule is CC(C)O.CCOC(=O)c1sc2c(c1C)c(=O)n(C(C)(C)C(=O)O)c(=O)n2CCc1ccccc1OC. The molecule has 0 aliphatic heterocycles. The van der Waals surface area contributed by atoms with Crippen molar-refractivity contribution in [2.24, 2.45) is 0 Å². The van der Waals surface area contributed by atoms with Crippen molar-refractivity contribution in [2.75, 3.05) is 13.7 Å². The summed E-state index contributed by atoms with van der Waals surface area (Å²) < 4.78 is 12.6. The molecule has 0 fully saturated rings. The highest BCUT2D eigenvalue weighted by Crippen LogP contribution is 2.30. The van der Waals surface area contributed by atoms with Crippen molar-refractivity contribution >= 4 is 33.5 Å². The molecule has 0 aliphatic rings. The van der Waals surface area contributed by atoms with Gasteiger partial charge in [-0.25, -0.2) is 19.0 Å². The first-order valence-corrected chi connectivity index (χ1v) is 12.6. The van der Waals surface area contributed by atoms with Gasteiger partial charge in [-0.1, -0.05) is 18.2 Å². The van der Waals surface area contributed by atoms with Gasteiger partial charge in [0.05, 0.1) is 19.1 Å². The Labute approximate surface area is 218 Å². The third-order valence-electron chi connectivity index (χ3n) is 5.55. The quantitative estimate of drug-likeness (QED) is 0.421. The molecule has 0 saturated carbocycles. The van der Waals surface area contributed by atoms with Crippen molar-refractivity contribution in [1.82, 2.24) is 9.13 Å². The molecular formula is C26H34N2O8S. The lowest BCUT2D eigenvalue weighted by atomic mass is 10.1. The van der Waals surface area contributed by atoms with E-state index in [1.807, 2.05) is 18.2 Å². The lowest BCUT2D eigenvalue weighted by Crippen LogP contribution is -2.52. The number of esters is 1. The van der Waals surface area contributed by atoms with Crippen LogP contribution in [-0.2, 0) is 28.0 Å². The smallest absolute Gasteiger partial charge is 0.348 e. The minimum Gasteiger partial charge on any atom is -0.496 e. The fourth-order valence-corrected chi connectivity index (χ4v) is 4.88. The highest BCUT2D eigenvalue weighted by atomic mass is 32.1. The van der Waals surface area contributed by atoms with Crippen LogP contribution >= 0.6 is 11.3 Å². The number of aliphatic hydroxyl groups excluding tert-OH is 1. The minimum atomic E-state index is -1.80. The fourth-order valence-electron chi connectivity index (χ4n) is 3.67. The summed E-state index contributed by atoms with van der Waals surface area (Å²) >= 11 is 0.996. The zero-order valence-corrected chi connectivity index (χ0v) is 23.0. The summed E-state index contributed by atoms with van der Waals surface area (Å²) in [6, 6.07) is 7.34. The second kappa shape index (κ2) is 12.2. The largest absolute Gasteiger partial charge is 0.496 e. The van der Waals surface area contributed by atoms with Crippen molar-refractivity contribution in [1.29, 1.82) is 0 Å². The Morgan fingerprint density at radius 3 is 2.30 bits per heavy atom. The summed E-state index contributed by atoms with van der Waals surface area (Å²) in [5.74, 6) is -1.27. The molecule has 2 N–H and O–H groups in total. The maximum atomic E-state index is 13.5. The van der Waals surface area contributed by atoms with Crippen LogP contribution in [0.4, 0.5) is 0 Å². The van der Waals surface area contributed by atoms with Crippen molar-refractivity contribution in [3.63, 3.8) is 0 Å². The zero-order valence-electron chi connectivity index (χ0n) is 22.2. The number of rotatable bonds is 8. The van der Waals surface area contributed by atoms with E-state index >= 15 is 0 Å². The Bertz CT molecular complexity index is 1400. The number of carbonyl (C=O) groups excluding carboxylic acids is 1. The molecule has 0 bridgehead atoms. The summed E-state index contributed by atoms with van der Waals surface area (Å²) in [6.45, 7) is 9.61. The fraction of sp³-hybridized carbons (Fsp3) is 0.462. The number of nitrogens with zero attached hydrogens (tertiary/aromatic N) is 2. The second-order valence-corrected chi connectivity index (χ2v) is 10.1. The maximum Gasteiger partial charge on any atom is 0.348 e. The third-order valence-corrected chi connectivity index (χ3v) is 6.85. The summed E-state index contributed by atoms with van der Waals surface area (Å²) in [6.07, 6.45) is 0.219. The predicted molar refractivity (Wildman–Crippen MR) is 142 cm³/mol. The molecule has 0 spiro atoms. The van der Waals surface area contributed by atoms with Gasteiger partial charge in [-0.05, 0) is 65.2 Å². The normalized spacial score (nSPS) is 11.3. The monoisotopic (exact) mass is 534 g/mol. The number of aryl methyl sites for hydroxylation is 3. The molecule has 10 nitrogen and oxygen atoms in total. The number of carbonyl (C=O) groups is 2. The number of aromatic nitrogens is 2. The van der Waals surface area contributed by atoms with Gasteiger partial charge in [-0.15, -0.1) is 11.3 Å². The van der Waals surface area contributed by atoms with Crippen LogP contribution in [0.1, 0.15) is 55.4 Å².